The number of hydrogen-bond donors (Lipinski definition) is 2. The third-order valence-corrected chi connectivity index (χ3v) is 4.04. The molecular weight excluding hydrogens is 316 g/mol. The molecule has 0 heterocycles. The van der Waals surface area contributed by atoms with E-state index in [1.807, 2.05) is 13.0 Å². The molecular formula is C20H24N2O3. The summed E-state index contributed by atoms with van der Waals surface area (Å²) in [6.07, 6.45) is 0.694. The van der Waals surface area contributed by atoms with Crippen LogP contribution < -0.4 is 15.4 Å². The normalized spacial score (nSPS) is 10.2. The van der Waals surface area contributed by atoms with E-state index in [1.165, 1.54) is 18.1 Å². The van der Waals surface area contributed by atoms with Crippen LogP contribution in [0, 0.1) is 13.8 Å². The first-order valence-electron chi connectivity index (χ1n) is 8.20. The molecule has 0 aliphatic rings. The van der Waals surface area contributed by atoms with Crippen molar-refractivity contribution in [2.45, 2.75) is 27.2 Å². The Balaban J connectivity index is 1.94. The van der Waals surface area contributed by atoms with Gasteiger partial charge in [-0.3, -0.25) is 9.59 Å². The number of hydrogen-bond acceptors (Lipinski definition) is 3. The minimum atomic E-state index is -0.142. The van der Waals surface area contributed by atoms with Crippen molar-refractivity contribution >= 4 is 17.5 Å². The van der Waals surface area contributed by atoms with Crippen molar-refractivity contribution in [3.8, 4) is 5.75 Å². The summed E-state index contributed by atoms with van der Waals surface area (Å²) in [5.41, 5.74) is 4.69. The maximum atomic E-state index is 12.2. The lowest BCUT2D eigenvalue weighted by Crippen LogP contribution is -2.25. The quantitative estimate of drug-likeness (QED) is 0.848. The molecule has 2 N–H and O–H groups in total. The molecule has 0 aliphatic heterocycles. The highest BCUT2D eigenvalue weighted by Crippen LogP contribution is 2.23. The van der Waals surface area contributed by atoms with Gasteiger partial charge in [-0.05, 0) is 67.3 Å². The molecule has 2 aromatic carbocycles. The molecule has 2 amide bonds. The first-order valence-corrected chi connectivity index (χ1v) is 8.20. The van der Waals surface area contributed by atoms with Crippen molar-refractivity contribution in [1.82, 2.24) is 5.32 Å². The van der Waals surface area contributed by atoms with Gasteiger partial charge < -0.3 is 15.4 Å². The summed E-state index contributed by atoms with van der Waals surface area (Å²) in [5, 5.41) is 5.58. The van der Waals surface area contributed by atoms with Crippen molar-refractivity contribution in [2.75, 3.05) is 19.0 Å². The number of benzene rings is 2. The molecule has 0 aromatic heterocycles. The Morgan fingerprint density at radius 1 is 1.04 bits per heavy atom. The number of ether oxygens (including phenoxy) is 1. The Morgan fingerprint density at radius 3 is 2.28 bits per heavy atom. The molecule has 0 fully saturated rings. The molecule has 0 saturated carbocycles. The van der Waals surface area contributed by atoms with Gasteiger partial charge in [0.05, 0.1) is 7.11 Å². The Morgan fingerprint density at radius 2 is 1.68 bits per heavy atom. The third kappa shape index (κ3) is 5.08. The highest BCUT2D eigenvalue weighted by atomic mass is 16.5. The van der Waals surface area contributed by atoms with Crippen molar-refractivity contribution in [3.63, 3.8) is 0 Å². The van der Waals surface area contributed by atoms with E-state index >= 15 is 0 Å². The van der Waals surface area contributed by atoms with E-state index in [4.69, 9.17) is 4.74 Å². The molecule has 0 unspecified atom stereocenters. The number of rotatable bonds is 6. The van der Waals surface area contributed by atoms with Crippen molar-refractivity contribution in [2.24, 2.45) is 0 Å². The topological polar surface area (TPSA) is 67.4 Å². The second-order valence-corrected chi connectivity index (χ2v) is 6.01. The fourth-order valence-corrected chi connectivity index (χ4v) is 2.56. The molecule has 0 aliphatic carbocycles. The number of nitrogens with one attached hydrogen (secondary N) is 2. The van der Waals surface area contributed by atoms with Gasteiger partial charge in [0, 0.05) is 24.7 Å². The van der Waals surface area contributed by atoms with Crippen LogP contribution in [0.3, 0.4) is 0 Å². The molecule has 0 radical (unpaired) electrons. The van der Waals surface area contributed by atoms with Gasteiger partial charge in [-0.2, -0.15) is 0 Å². The number of carbonyl (C=O) groups is 2. The Bertz CT molecular complexity index is 767. The summed E-state index contributed by atoms with van der Waals surface area (Å²) in [4.78, 5) is 23.2. The van der Waals surface area contributed by atoms with Crippen LogP contribution in [-0.4, -0.2) is 25.5 Å². The van der Waals surface area contributed by atoms with Crippen LogP contribution >= 0.6 is 0 Å². The molecule has 2 aromatic rings. The molecule has 25 heavy (non-hydrogen) atoms. The smallest absolute Gasteiger partial charge is 0.251 e. The number of anilines is 1. The summed E-state index contributed by atoms with van der Waals surface area (Å²) in [6, 6.07) is 10.9. The van der Waals surface area contributed by atoms with Gasteiger partial charge in [-0.15, -0.1) is 0 Å². The Labute approximate surface area is 148 Å². The fraction of sp³-hybridized carbons (Fsp3) is 0.300. The van der Waals surface area contributed by atoms with E-state index in [2.05, 4.69) is 23.6 Å². The first kappa shape index (κ1) is 18.5. The lowest BCUT2D eigenvalue weighted by Gasteiger charge is -2.12. The number of carbonyl (C=O) groups excluding carboxylic acids is 2. The fourth-order valence-electron chi connectivity index (χ4n) is 2.56. The number of amides is 2. The van der Waals surface area contributed by atoms with Gasteiger partial charge in [-0.1, -0.05) is 6.07 Å². The summed E-state index contributed by atoms with van der Waals surface area (Å²) < 4.78 is 5.42. The highest BCUT2D eigenvalue weighted by Gasteiger charge is 2.08. The summed E-state index contributed by atoms with van der Waals surface area (Å²) in [6.45, 7) is 6.08. The van der Waals surface area contributed by atoms with Crippen LogP contribution in [0.4, 0.5) is 5.69 Å². The maximum absolute atomic E-state index is 12.2. The summed E-state index contributed by atoms with van der Waals surface area (Å²) >= 11 is 0. The van der Waals surface area contributed by atoms with Crippen molar-refractivity contribution < 1.29 is 14.3 Å². The minimum absolute atomic E-state index is 0.139. The largest absolute Gasteiger partial charge is 0.496 e. The van der Waals surface area contributed by atoms with Gasteiger partial charge in [0.25, 0.3) is 5.91 Å². The van der Waals surface area contributed by atoms with Gasteiger partial charge in [0.15, 0.2) is 0 Å². The summed E-state index contributed by atoms with van der Waals surface area (Å²) in [5.74, 6) is 0.564. The van der Waals surface area contributed by atoms with E-state index in [1.54, 1.807) is 31.4 Å². The van der Waals surface area contributed by atoms with Crippen LogP contribution in [0.1, 0.15) is 34.0 Å². The third-order valence-electron chi connectivity index (χ3n) is 4.04. The predicted octanol–water partition coefficient (Wildman–Crippen LogP) is 3.24. The van der Waals surface area contributed by atoms with Crippen LogP contribution in [0.2, 0.25) is 0 Å². The zero-order valence-electron chi connectivity index (χ0n) is 15.1. The molecule has 132 valence electrons. The predicted molar refractivity (Wildman–Crippen MR) is 99.3 cm³/mol. The monoisotopic (exact) mass is 340 g/mol. The lowest BCUT2D eigenvalue weighted by atomic mass is 10.0. The second-order valence-electron chi connectivity index (χ2n) is 6.01. The van der Waals surface area contributed by atoms with Crippen LogP contribution in [0.15, 0.2) is 36.4 Å². The van der Waals surface area contributed by atoms with E-state index in [0.717, 1.165) is 11.3 Å². The van der Waals surface area contributed by atoms with Crippen LogP contribution in [0.5, 0.6) is 5.75 Å². The summed E-state index contributed by atoms with van der Waals surface area (Å²) in [7, 11) is 1.66. The van der Waals surface area contributed by atoms with E-state index in [9.17, 15) is 9.59 Å². The van der Waals surface area contributed by atoms with Gasteiger partial charge in [-0.25, -0.2) is 0 Å². The van der Waals surface area contributed by atoms with E-state index in [-0.39, 0.29) is 11.8 Å². The van der Waals surface area contributed by atoms with Gasteiger partial charge in [0.1, 0.15) is 5.75 Å². The Kier molecular flexibility index (Phi) is 6.17. The van der Waals surface area contributed by atoms with Crippen molar-refractivity contribution in [3.05, 3.63) is 58.7 Å². The Hall–Kier alpha value is -2.82. The standard InChI is InChI=1S/C20H24N2O3/c1-13-11-17(19(25-4)12-14(13)2)9-10-21-20(24)16-5-7-18(8-6-16)22-15(3)23/h5-8,11-12H,9-10H2,1-4H3,(H,21,24)(H,22,23). The van der Waals surface area contributed by atoms with E-state index in [0.29, 0.717) is 24.2 Å². The molecule has 2 rings (SSSR count). The van der Waals surface area contributed by atoms with Gasteiger partial charge in [0.2, 0.25) is 5.91 Å². The van der Waals surface area contributed by atoms with Crippen LogP contribution in [-0.2, 0) is 11.2 Å². The maximum Gasteiger partial charge on any atom is 0.251 e. The average Bonchev–Trinajstić information content (AvgIpc) is 2.57. The second kappa shape index (κ2) is 8.33. The number of methoxy groups -OCH3 is 1. The zero-order chi connectivity index (χ0) is 18.4. The minimum Gasteiger partial charge on any atom is -0.496 e. The van der Waals surface area contributed by atoms with Crippen LogP contribution in [0.25, 0.3) is 0 Å². The average molecular weight is 340 g/mol. The first-order chi connectivity index (χ1) is 11.9. The molecule has 0 atom stereocenters. The van der Waals surface area contributed by atoms with Crippen molar-refractivity contribution in [1.29, 1.82) is 0 Å². The van der Waals surface area contributed by atoms with Gasteiger partial charge >= 0.3 is 0 Å². The lowest BCUT2D eigenvalue weighted by molar-refractivity contribution is -0.114. The molecule has 0 bridgehead atoms. The molecule has 0 saturated heterocycles. The number of aryl methyl sites for hydroxylation is 2. The highest BCUT2D eigenvalue weighted by molar-refractivity contribution is 5.95. The SMILES string of the molecule is COc1cc(C)c(C)cc1CCNC(=O)c1ccc(NC(C)=O)cc1. The zero-order valence-corrected chi connectivity index (χ0v) is 15.1. The molecule has 5 nitrogen and oxygen atoms in total. The molecule has 5 heteroatoms. The molecule has 0 spiro atoms. The van der Waals surface area contributed by atoms with E-state index < -0.39 is 0 Å².